The Bertz CT molecular complexity index is 333. The first-order chi connectivity index (χ1) is 5.20. The second-order valence-electron chi connectivity index (χ2n) is 2.25. The number of rotatable bonds is 1. The molecule has 1 heterocycles. The van der Waals surface area contributed by atoms with Gasteiger partial charge in [0.25, 0.3) is 0 Å². The van der Waals surface area contributed by atoms with Gasteiger partial charge in [0.15, 0.2) is 6.29 Å². The van der Waals surface area contributed by atoms with Crippen molar-refractivity contribution in [3.8, 4) is 6.07 Å². The highest BCUT2D eigenvalue weighted by Gasteiger charge is 2.09. The second-order valence-corrected chi connectivity index (χ2v) is 3.51. The van der Waals surface area contributed by atoms with Crippen LogP contribution in [0.1, 0.15) is 25.7 Å². The van der Waals surface area contributed by atoms with Crippen LogP contribution in [0.15, 0.2) is 0 Å². The number of aldehydes is 1. The molecule has 1 aromatic rings. The molecule has 0 atom stereocenters. The Labute approximate surface area is 69.1 Å². The molecule has 0 spiro atoms. The normalized spacial score (nSPS) is 9.18. The van der Waals surface area contributed by atoms with Crippen molar-refractivity contribution in [3.05, 3.63) is 20.9 Å². The van der Waals surface area contributed by atoms with Crippen LogP contribution in [0.3, 0.4) is 0 Å². The first kappa shape index (κ1) is 7.96. The van der Waals surface area contributed by atoms with Crippen molar-refractivity contribution < 1.29 is 4.79 Å². The average molecular weight is 165 g/mol. The van der Waals surface area contributed by atoms with Crippen LogP contribution >= 0.6 is 11.3 Å². The van der Waals surface area contributed by atoms with Crippen molar-refractivity contribution in [2.45, 2.75) is 13.8 Å². The molecule has 11 heavy (non-hydrogen) atoms. The fourth-order valence-electron chi connectivity index (χ4n) is 0.955. The summed E-state index contributed by atoms with van der Waals surface area (Å²) in [6, 6.07) is 2.07. The summed E-state index contributed by atoms with van der Waals surface area (Å²) >= 11 is 1.37. The topological polar surface area (TPSA) is 40.9 Å². The van der Waals surface area contributed by atoms with E-state index >= 15 is 0 Å². The fraction of sp³-hybridized carbons (Fsp3) is 0.250. The van der Waals surface area contributed by atoms with Gasteiger partial charge in [-0.15, -0.1) is 11.3 Å². The van der Waals surface area contributed by atoms with Gasteiger partial charge in [-0.1, -0.05) is 0 Å². The molecule has 0 fully saturated rings. The summed E-state index contributed by atoms with van der Waals surface area (Å²) in [5, 5.41) is 8.65. The highest BCUT2D eigenvalue weighted by atomic mass is 32.1. The van der Waals surface area contributed by atoms with Crippen LogP contribution in [0.4, 0.5) is 0 Å². The van der Waals surface area contributed by atoms with E-state index in [-0.39, 0.29) is 0 Å². The zero-order valence-electron chi connectivity index (χ0n) is 6.34. The quantitative estimate of drug-likeness (QED) is 0.597. The molecule has 0 saturated heterocycles. The van der Waals surface area contributed by atoms with E-state index in [1.165, 1.54) is 11.3 Å². The Hall–Kier alpha value is -1.14. The van der Waals surface area contributed by atoms with Gasteiger partial charge in [-0.25, -0.2) is 0 Å². The summed E-state index contributed by atoms with van der Waals surface area (Å²) in [5.41, 5.74) is 1.46. The summed E-state index contributed by atoms with van der Waals surface area (Å²) in [7, 11) is 0. The van der Waals surface area contributed by atoms with E-state index in [1.54, 1.807) is 6.92 Å². The van der Waals surface area contributed by atoms with Crippen LogP contribution in [0.2, 0.25) is 0 Å². The largest absolute Gasteiger partial charge is 0.297 e. The molecule has 0 N–H and O–H groups in total. The van der Waals surface area contributed by atoms with Crippen LogP contribution < -0.4 is 0 Å². The lowest BCUT2D eigenvalue weighted by Gasteiger charge is -1.85. The Kier molecular flexibility index (Phi) is 2.06. The van der Waals surface area contributed by atoms with E-state index < -0.39 is 0 Å². The third-order valence-electron chi connectivity index (χ3n) is 1.58. The van der Waals surface area contributed by atoms with Gasteiger partial charge in [0.1, 0.15) is 6.07 Å². The van der Waals surface area contributed by atoms with Gasteiger partial charge in [0.05, 0.1) is 10.4 Å². The lowest BCUT2D eigenvalue weighted by Crippen LogP contribution is -1.79. The lowest BCUT2D eigenvalue weighted by molar-refractivity contribution is 0.112. The van der Waals surface area contributed by atoms with Crippen LogP contribution in [0, 0.1) is 25.2 Å². The van der Waals surface area contributed by atoms with Crippen molar-refractivity contribution in [1.82, 2.24) is 0 Å². The maximum absolute atomic E-state index is 10.4. The monoisotopic (exact) mass is 165 g/mol. The summed E-state index contributed by atoms with van der Waals surface area (Å²) in [6.07, 6.45) is 0.799. The number of carbonyl (C=O) groups is 1. The summed E-state index contributed by atoms with van der Waals surface area (Å²) in [5.74, 6) is 0. The van der Waals surface area contributed by atoms with E-state index in [0.717, 1.165) is 16.7 Å². The molecule has 0 aliphatic rings. The van der Waals surface area contributed by atoms with Gasteiger partial charge in [-0.2, -0.15) is 5.26 Å². The summed E-state index contributed by atoms with van der Waals surface area (Å²) in [4.78, 5) is 12.0. The van der Waals surface area contributed by atoms with Crippen LogP contribution in [0.25, 0.3) is 0 Å². The third kappa shape index (κ3) is 1.17. The van der Waals surface area contributed by atoms with Crippen molar-refractivity contribution in [1.29, 1.82) is 5.26 Å². The van der Waals surface area contributed by atoms with E-state index in [1.807, 2.05) is 6.92 Å². The smallest absolute Gasteiger partial charge is 0.160 e. The highest BCUT2D eigenvalue weighted by Crippen LogP contribution is 2.24. The minimum Gasteiger partial charge on any atom is -0.297 e. The van der Waals surface area contributed by atoms with Crippen LogP contribution in [0.5, 0.6) is 0 Å². The molecular formula is C8H7NOS. The predicted octanol–water partition coefficient (Wildman–Crippen LogP) is 2.05. The Morgan fingerprint density at radius 1 is 1.55 bits per heavy atom. The van der Waals surface area contributed by atoms with Crippen molar-refractivity contribution in [2.75, 3.05) is 0 Å². The number of hydrogen-bond donors (Lipinski definition) is 0. The molecule has 0 aromatic carbocycles. The van der Waals surface area contributed by atoms with Crippen LogP contribution in [-0.2, 0) is 0 Å². The number of nitrogens with zero attached hydrogens (tertiary/aromatic N) is 1. The van der Waals surface area contributed by atoms with Crippen LogP contribution in [-0.4, -0.2) is 6.29 Å². The maximum atomic E-state index is 10.4. The number of thiophene rings is 1. The predicted molar refractivity (Wildman–Crippen MR) is 43.9 cm³/mol. The van der Waals surface area contributed by atoms with Crippen molar-refractivity contribution in [2.24, 2.45) is 0 Å². The zero-order valence-corrected chi connectivity index (χ0v) is 7.16. The average Bonchev–Trinajstić information content (AvgIpc) is 2.26. The molecule has 0 radical (unpaired) electrons. The Morgan fingerprint density at radius 2 is 2.18 bits per heavy atom. The van der Waals surface area contributed by atoms with Gasteiger partial charge in [-0.3, -0.25) is 4.79 Å². The van der Waals surface area contributed by atoms with Crippen molar-refractivity contribution in [3.63, 3.8) is 0 Å². The van der Waals surface area contributed by atoms with E-state index in [0.29, 0.717) is 10.4 Å². The molecule has 0 saturated carbocycles. The highest BCUT2D eigenvalue weighted by molar-refractivity contribution is 7.14. The molecule has 1 rings (SSSR count). The number of carbonyl (C=O) groups excluding carboxylic acids is 1. The van der Waals surface area contributed by atoms with Gasteiger partial charge in [0.2, 0.25) is 0 Å². The molecule has 0 bridgehead atoms. The van der Waals surface area contributed by atoms with Gasteiger partial charge in [0, 0.05) is 4.88 Å². The Morgan fingerprint density at radius 3 is 2.45 bits per heavy atom. The molecule has 3 heteroatoms. The van der Waals surface area contributed by atoms with Gasteiger partial charge < -0.3 is 0 Å². The molecular weight excluding hydrogens is 158 g/mol. The number of hydrogen-bond acceptors (Lipinski definition) is 3. The van der Waals surface area contributed by atoms with E-state index in [2.05, 4.69) is 6.07 Å². The van der Waals surface area contributed by atoms with E-state index in [4.69, 9.17) is 5.26 Å². The SMILES string of the molecule is Cc1sc(C=O)c(C)c1C#N. The van der Waals surface area contributed by atoms with E-state index in [9.17, 15) is 4.79 Å². The maximum Gasteiger partial charge on any atom is 0.160 e. The Balaban J connectivity index is 3.39. The van der Waals surface area contributed by atoms with Gasteiger partial charge in [-0.05, 0) is 19.4 Å². The van der Waals surface area contributed by atoms with Gasteiger partial charge >= 0.3 is 0 Å². The molecule has 0 aliphatic heterocycles. The molecule has 0 unspecified atom stereocenters. The summed E-state index contributed by atoms with van der Waals surface area (Å²) < 4.78 is 0. The molecule has 2 nitrogen and oxygen atoms in total. The van der Waals surface area contributed by atoms with Crippen molar-refractivity contribution >= 4 is 17.6 Å². The summed E-state index contributed by atoms with van der Waals surface area (Å²) in [6.45, 7) is 3.65. The molecule has 56 valence electrons. The number of aryl methyl sites for hydroxylation is 1. The molecule has 0 amide bonds. The second kappa shape index (κ2) is 2.85. The lowest BCUT2D eigenvalue weighted by atomic mass is 10.1. The minimum absolute atomic E-state index is 0.650. The minimum atomic E-state index is 0.650. The first-order valence-corrected chi connectivity index (χ1v) is 3.97. The number of nitriles is 1. The first-order valence-electron chi connectivity index (χ1n) is 3.16. The molecule has 0 aliphatic carbocycles. The third-order valence-corrected chi connectivity index (χ3v) is 2.71. The zero-order chi connectivity index (χ0) is 8.43. The fourth-order valence-corrected chi connectivity index (χ4v) is 1.89. The molecule has 1 aromatic heterocycles. The standard InChI is InChI=1S/C8H7NOS/c1-5-7(3-9)6(2)11-8(5)4-10/h4H,1-2H3.